The van der Waals surface area contributed by atoms with Crippen molar-refractivity contribution in [3.8, 4) is 17.1 Å². The summed E-state index contributed by atoms with van der Waals surface area (Å²) in [7, 11) is 0. The van der Waals surface area contributed by atoms with Crippen LogP contribution in [-0.2, 0) is 0 Å². The molecule has 0 aliphatic heterocycles. The van der Waals surface area contributed by atoms with E-state index in [2.05, 4.69) is 17.1 Å². The molecule has 1 atom stereocenters. The average Bonchev–Trinajstić information content (AvgIpc) is 3.11. The molecule has 0 saturated heterocycles. The number of nitrogens with two attached hydrogens (primary N) is 1. The molecule has 130 valence electrons. The maximum Gasteiger partial charge on any atom is 0.243 e. The number of ether oxygens (including phenoxy) is 1. The summed E-state index contributed by atoms with van der Waals surface area (Å²) >= 11 is 0. The van der Waals surface area contributed by atoms with Gasteiger partial charge in [0, 0.05) is 5.56 Å². The number of hydrogen-bond acceptors (Lipinski definition) is 5. The van der Waals surface area contributed by atoms with E-state index in [1.54, 1.807) is 0 Å². The third-order valence-electron chi connectivity index (χ3n) is 4.66. The summed E-state index contributed by atoms with van der Waals surface area (Å²) in [6.45, 7) is 2.81. The molecule has 1 aliphatic carbocycles. The lowest BCUT2D eigenvalue weighted by atomic mass is 9.85. The smallest absolute Gasteiger partial charge is 0.243 e. The Morgan fingerprint density at radius 2 is 1.96 bits per heavy atom. The van der Waals surface area contributed by atoms with E-state index in [0.717, 1.165) is 30.8 Å². The first-order valence-corrected chi connectivity index (χ1v) is 9.08. The van der Waals surface area contributed by atoms with Gasteiger partial charge in [-0.1, -0.05) is 44.2 Å². The zero-order chi connectivity index (χ0) is 16.8. The molecule has 3 rings (SSSR count). The molecule has 0 amide bonds. The van der Waals surface area contributed by atoms with Crippen LogP contribution in [0.15, 0.2) is 28.8 Å². The standard InChI is InChI=1S/C19H27N3O2/c1-2-12-23-16-10-8-15(9-11-16)18-21-19(24-22-18)17(20)13-14-6-4-3-5-7-14/h8-11,14,17H,2-7,12-13,20H2,1H3. The van der Waals surface area contributed by atoms with E-state index in [-0.39, 0.29) is 6.04 Å². The Kier molecular flexibility index (Phi) is 5.86. The largest absolute Gasteiger partial charge is 0.494 e. The van der Waals surface area contributed by atoms with E-state index in [0.29, 0.717) is 17.6 Å². The molecule has 1 aliphatic rings. The van der Waals surface area contributed by atoms with Gasteiger partial charge in [-0.3, -0.25) is 0 Å². The first-order valence-electron chi connectivity index (χ1n) is 9.08. The Labute approximate surface area is 143 Å². The Morgan fingerprint density at radius 1 is 1.21 bits per heavy atom. The number of rotatable bonds is 7. The molecular weight excluding hydrogens is 302 g/mol. The highest BCUT2D eigenvalue weighted by Crippen LogP contribution is 2.31. The van der Waals surface area contributed by atoms with Crippen LogP contribution >= 0.6 is 0 Å². The molecule has 1 saturated carbocycles. The predicted molar refractivity (Wildman–Crippen MR) is 93.6 cm³/mol. The Balaban J connectivity index is 1.61. The van der Waals surface area contributed by atoms with Crippen molar-refractivity contribution in [3.63, 3.8) is 0 Å². The Morgan fingerprint density at radius 3 is 2.67 bits per heavy atom. The quantitative estimate of drug-likeness (QED) is 0.809. The third kappa shape index (κ3) is 4.35. The van der Waals surface area contributed by atoms with Crippen molar-refractivity contribution < 1.29 is 9.26 Å². The minimum atomic E-state index is -0.165. The zero-order valence-corrected chi connectivity index (χ0v) is 14.4. The summed E-state index contributed by atoms with van der Waals surface area (Å²) in [6, 6.07) is 7.60. The fraction of sp³-hybridized carbons (Fsp3) is 0.579. The summed E-state index contributed by atoms with van der Waals surface area (Å²) in [5, 5.41) is 4.09. The molecular formula is C19H27N3O2. The molecule has 0 radical (unpaired) electrons. The van der Waals surface area contributed by atoms with Crippen LogP contribution in [0.4, 0.5) is 0 Å². The predicted octanol–water partition coefficient (Wildman–Crippen LogP) is 4.50. The van der Waals surface area contributed by atoms with Crippen molar-refractivity contribution in [1.82, 2.24) is 10.1 Å². The lowest BCUT2D eigenvalue weighted by Gasteiger charge is -2.22. The summed E-state index contributed by atoms with van der Waals surface area (Å²) in [5.74, 6) is 2.69. The van der Waals surface area contributed by atoms with Gasteiger partial charge in [0.1, 0.15) is 5.75 Å². The monoisotopic (exact) mass is 329 g/mol. The van der Waals surface area contributed by atoms with Crippen LogP contribution in [0.1, 0.15) is 63.8 Å². The highest BCUT2D eigenvalue weighted by Gasteiger charge is 2.22. The molecule has 1 aromatic carbocycles. The molecule has 5 nitrogen and oxygen atoms in total. The molecule has 24 heavy (non-hydrogen) atoms. The van der Waals surface area contributed by atoms with E-state index in [1.807, 2.05) is 24.3 Å². The molecule has 2 aromatic rings. The average molecular weight is 329 g/mol. The normalized spacial score (nSPS) is 16.9. The van der Waals surface area contributed by atoms with Crippen LogP contribution in [0.2, 0.25) is 0 Å². The fourth-order valence-corrected chi connectivity index (χ4v) is 3.31. The second-order valence-corrected chi connectivity index (χ2v) is 6.68. The lowest BCUT2D eigenvalue weighted by molar-refractivity contribution is 0.284. The molecule has 5 heteroatoms. The van der Waals surface area contributed by atoms with E-state index >= 15 is 0 Å². The molecule has 1 unspecified atom stereocenters. The lowest BCUT2D eigenvalue weighted by Crippen LogP contribution is -2.17. The van der Waals surface area contributed by atoms with Crippen LogP contribution in [0.25, 0.3) is 11.4 Å². The molecule has 0 bridgehead atoms. The zero-order valence-electron chi connectivity index (χ0n) is 14.4. The van der Waals surface area contributed by atoms with Gasteiger partial charge in [-0.05, 0) is 43.0 Å². The number of nitrogens with zero attached hydrogens (tertiary/aromatic N) is 2. The Bertz CT molecular complexity index is 618. The summed E-state index contributed by atoms with van der Waals surface area (Å²) in [6.07, 6.45) is 8.47. The summed E-state index contributed by atoms with van der Waals surface area (Å²) < 4.78 is 11.0. The van der Waals surface area contributed by atoms with Gasteiger partial charge in [0.2, 0.25) is 11.7 Å². The molecule has 1 aromatic heterocycles. The SMILES string of the molecule is CCCOc1ccc(-c2noc(C(N)CC3CCCCC3)n2)cc1. The van der Waals surface area contributed by atoms with E-state index in [4.69, 9.17) is 15.0 Å². The van der Waals surface area contributed by atoms with Gasteiger partial charge in [0.25, 0.3) is 0 Å². The second kappa shape index (κ2) is 8.29. The first kappa shape index (κ1) is 17.0. The minimum Gasteiger partial charge on any atom is -0.494 e. The maximum atomic E-state index is 6.28. The van der Waals surface area contributed by atoms with Crippen LogP contribution in [0.5, 0.6) is 5.75 Å². The van der Waals surface area contributed by atoms with Gasteiger partial charge in [-0.2, -0.15) is 4.98 Å². The highest BCUT2D eigenvalue weighted by molar-refractivity contribution is 5.55. The molecule has 1 heterocycles. The molecule has 0 spiro atoms. The van der Waals surface area contributed by atoms with Crippen LogP contribution in [-0.4, -0.2) is 16.7 Å². The Hall–Kier alpha value is -1.88. The van der Waals surface area contributed by atoms with Gasteiger partial charge in [-0.15, -0.1) is 0 Å². The second-order valence-electron chi connectivity index (χ2n) is 6.68. The van der Waals surface area contributed by atoms with Crippen molar-refractivity contribution >= 4 is 0 Å². The van der Waals surface area contributed by atoms with E-state index < -0.39 is 0 Å². The summed E-state index contributed by atoms with van der Waals surface area (Å²) in [5.41, 5.74) is 7.20. The van der Waals surface area contributed by atoms with Gasteiger partial charge >= 0.3 is 0 Å². The van der Waals surface area contributed by atoms with Gasteiger partial charge < -0.3 is 15.0 Å². The van der Waals surface area contributed by atoms with E-state index in [9.17, 15) is 0 Å². The minimum absolute atomic E-state index is 0.165. The van der Waals surface area contributed by atoms with E-state index in [1.165, 1.54) is 32.1 Å². The van der Waals surface area contributed by atoms with Gasteiger partial charge in [0.15, 0.2) is 0 Å². The summed E-state index contributed by atoms with van der Waals surface area (Å²) in [4.78, 5) is 4.49. The van der Waals surface area contributed by atoms with Crippen molar-refractivity contribution in [2.75, 3.05) is 6.61 Å². The first-order chi connectivity index (χ1) is 11.8. The van der Waals surface area contributed by atoms with Crippen LogP contribution < -0.4 is 10.5 Å². The fourth-order valence-electron chi connectivity index (χ4n) is 3.31. The van der Waals surface area contributed by atoms with Crippen molar-refractivity contribution in [2.24, 2.45) is 11.7 Å². The number of hydrogen-bond donors (Lipinski definition) is 1. The highest BCUT2D eigenvalue weighted by atomic mass is 16.5. The topological polar surface area (TPSA) is 74.2 Å². The molecule has 2 N–H and O–H groups in total. The van der Waals surface area contributed by atoms with Crippen LogP contribution in [0, 0.1) is 5.92 Å². The van der Waals surface area contributed by atoms with Crippen molar-refractivity contribution in [3.05, 3.63) is 30.2 Å². The maximum absolute atomic E-state index is 6.28. The van der Waals surface area contributed by atoms with Crippen molar-refractivity contribution in [1.29, 1.82) is 0 Å². The number of aromatic nitrogens is 2. The number of benzene rings is 1. The van der Waals surface area contributed by atoms with Gasteiger partial charge in [0.05, 0.1) is 12.6 Å². The van der Waals surface area contributed by atoms with Crippen LogP contribution in [0.3, 0.4) is 0 Å². The van der Waals surface area contributed by atoms with Crippen molar-refractivity contribution in [2.45, 2.75) is 57.9 Å². The molecule has 1 fully saturated rings. The third-order valence-corrected chi connectivity index (χ3v) is 4.66. The van der Waals surface area contributed by atoms with Gasteiger partial charge in [-0.25, -0.2) is 0 Å².